The van der Waals surface area contributed by atoms with E-state index in [1.807, 2.05) is 30.3 Å². The molecule has 1 fully saturated rings. The van der Waals surface area contributed by atoms with E-state index in [1.165, 1.54) is 0 Å². The average Bonchev–Trinajstić information content (AvgIpc) is 3.19. The zero-order valence-corrected chi connectivity index (χ0v) is 15.4. The molecule has 0 aliphatic heterocycles. The number of carbonyl (C=O) groups excluding carboxylic acids is 2. The molecular weight excluding hydrogens is 340 g/mol. The van der Waals surface area contributed by atoms with Gasteiger partial charge in [0.2, 0.25) is 5.91 Å². The average molecular weight is 366 g/mol. The number of ketones is 1. The first-order valence-electron chi connectivity index (χ1n) is 9.41. The van der Waals surface area contributed by atoms with Crippen LogP contribution in [0.5, 0.6) is 5.75 Å². The highest BCUT2D eigenvalue weighted by Crippen LogP contribution is 2.41. The van der Waals surface area contributed by atoms with Gasteiger partial charge in [-0.1, -0.05) is 55.3 Å². The molecule has 0 heterocycles. The quantitative estimate of drug-likeness (QED) is 0.702. The van der Waals surface area contributed by atoms with Gasteiger partial charge in [-0.2, -0.15) is 0 Å². The van der Waals surface area contributed by atoms with Crippen LogP contribution in [0.1, 0.15) is 36.8 Å². The fraction of sp³-hybridized carbons (Fsp3) is 0.364. The smallest absolute Gasteiger partial charge is 0.237 e. The molecule has 4 N–H and O–H groups in total. The van der Waals surface area contributed by atoms with E-state index in [1.54, 1.807) is 24.3 Å². The number of amides is 1. The number of phenols is 1. The van der Waals surface area contributed by atoms with Gasteiger partial charge in [0.25, 0.3) is 0 Å². The van der Waals surface area contributed by atoms with E-state index in [0.717, 1.165) is 36.8 Å². The van der Waals surface area contributed by atoms with Crippen molar-refractivity contribution in [3.63, 3.8) is 0 Å². The molecule has 27 heavy (non-hydrogen) atoms. The molecule has 142 valence electrons. The predicted molar refractivity (Wildman–Crippen MR) is 104 cm³/mol. The minimum absolute atomic E-state index is 0.00297. The van der Waals surface area contributed by atoms with E-state index in [2.05, 4.69) is 5.32 Å². The van der Waals surface area contributed by atoms with Crippen molar-refractivity contribution in [2.24, 2.45) is 5.73 Å². The molecule has 3 rings (SSSR count). The summed E-state index contributed by atoms with van der Waals surface area (Å²) in [5.41, 5.74) is 7.39. The number of hydrogen-bond acceptors (Lipinski definition) is 4. The maximum Gasteiger partial charge on any atom is 0.237 e. The summed E-state index contributed by atoms with van der Waals surface area (Å²) in [6.07, 6.45) is 4.05. The summed E-state index contributed by atoms with van der Waals surface area (Å²) < 4.78 is 0. The van der Waals surface area contributed by atoms with E-state index < -0.39 is 11.5 Å². The second-order valence-corrected chi connectivity index (χ2v) is 7.27. The number of nitrogens with two attached hydrogens (primary N) is 1. The third-order valence-electron chi connectivity index (χ3n) is 5.47. The molecule has 2 aromatic carbocycles. The molecule has 0 radical (unpaired) electrons. The highest BCUT2D eigenvalue weighted by Gasteiger charge is 2.42. The molecule has 0 saturated heterocycles. The van der Waals surface area contributed by atoms with Crippen molar-refractivity contribution in [2.45, 2.75) is 43.6 Å². The van der Waals surface area contributed by atoms with E-state index >= 15 is 0 Å². The second kappa shape index (κ2) is 8.35. The maximum absolute atomic E-state index is 13.0. The van der Waals surface area contributed by atoms with Crippen LogP contribution in [0.2, 0.25) is 0 Å². The fourth-order valence-corrected chi connectivity index (χ4v) is 3.91. The minimum atomic E-state index is -0.737. The Balaban J connectivity index is 1.60. The molecule has 1 aliphatic carbocycles. The number of hydrogen-bond donors (Lipinski definition) is 3. The van der Waals surface area contributed by atoms with Crippen LogP contribution in [-0.2, 0) is 21.4 Å². The van der Waals surface area contributed by atoms with Gasteiger partial charge in [0.1, 0.15) is 5.75 Å². The van der Waals surface area contributed by atoms with Crippen molar-refractivity contribution >= 4 is 11.7 Å². The summed E-state index contributed by atoms with van der Waals surface area (Å²) in [4.78, 5) is 25.3. The van der Waals surface area contributed by atoms with Gasteiger partial charge in [-0.3, -0.25) is 9.59 Å². The van der Waals surface area contributed by atoms with Crippen LogP contribution in [0.4, 0.5) is 0 Å². The van der Waals surface area contributed by atoms with Crippen LogP contribution in [-0.4, -0.2) is 29.4 Å². The lowest BCUT2D eigenvalue weighted by Gasteiger charge is -2.28. The minimum Gasteiger partial charge on any atom is -0.508 e. The molecule has 1 atom stereocenters. The standard InChI is InChI=1S/C22H26N2O3/c23-19(14-16-8-10-18(25)11-9-16)21(27)24-15-20(26)22(12-4-5-13-22)17-6-2-1-3-7-17/h1-3,6-11,19,25H,4-5,12-15,23H2,(H,24,27)/t19-/m0/s1. The molecule has 5 nitrogen and oxygen atoms in total. The molecule has 0 bridgehead atoms. The summed E-state index contributed by atoms with van der Waals surface area (Å²) in [6.45, 7) is -0.00297. The lowest BCUT2D eigenvalue weighted by molar-refractivity contribution is -0.128. The molecule has 0 spiro atoms. The van der Waals surface area contributed by atoms with Gasteiger partial charge in [0.05, 0.1) is 18.0 Å². The summed E-state index contributed by atoms with van der Waals surface area (Å²) in [5, 5.41) is 12.0. The van der Waals surface area contributed by atoms with Gasteiger partial charge in [-0.15, -0.1) is 0 Å². The predicted octanol–water partition coefficient (Wildman–Crippen LogP) is 2.46. The van der Waals surface area contributed by atoms with E-state index in [9.17, 15) is 14.7 Å². The Labute approximate surface area is 159 Å². The van der Waals surface area contributed by atoms with Gasteiger partial charge in [-0.25, -0.2) is 0 Å². The summed E-state index contributed by atoms with van der Waals surface area (Å²) in [6, 6.07) is 15.7. The highest BCUT2D eigenvalue weighted by molar-refractivity contribution is 5.95. The Hall–Kier alpha value is -2.66. The Morgan fingerprint density at radius 3 is 2.30 bits per heavy atom. The number of carbonyl (C=O) groups is 2. The summed E-state index contributed by atoms with van der Waals surface area (Å²) >= 11 is 0. The summed E-state index contributed by atoms with van der Waals surface area (Å²) in [5.74, 6) is -0.112. The third-order valence-corrected chi connectivity index (χ3v) is 5.47. The van der Waals surface area contributed by atoms with Crippen molar-refractivity contribution in [3.8, 4) is 5.75 Å². The van der Waals surface area contributed by atoms with Crippen molar-refractivity contribution in [1.29, 1.82) is 0 Å². The number of aromatic hydroxyl groups is 1. The number of phenolic OH excluding ortho intramolecular Hbond substituents is 1. The zero-order valence-electron chi connectivity index (χ0n) is 15.4. The van der Waals surface area contributed by atoms with Crippen molar-refractivity contribution in [2.75, 3.05) is 6.54 Å². The van der Waals surface area contributed by atoms with E-state index in [0.29, 0.717) is 6.42 Å². The molecule has 2 aromatic rings. The second-order valence-electron chi connectivity index (χ2n) is 7.27. The molecule has 1 aliphatic rings. The molecular formula is C22H26N2O3. The first-order chi connectivity index (χ1) is 13.0. The van der Waals surface area contributed by atoms with E-state index in [4.69, 9.17) is 5.73 Å². The fourth-order valence-electron chi connectivity index (χ4n) is 3.91. The monoisotopic (exact) mass is 366 g/mol. The Morgan fingerprint density at radius 2 is 1.67 bits per heavy atom. The Morgan fingerprint density at radius 1 is 1.04 bits per heavy atom. The van der Waals surface area contributed by atoms with E-state index in [-0.39, 0.29) is 24.0 Å². The normalized spacial score (nSPS) is 16.6. The number of Topliss-reactive ketones (excluding diaryl/α,β-unsaturated/α-hetero) is 1. The maximum atomic E-state index is 13.0. The lowest BCUT2D eigenvalue weighted by atomic mass is 9.75. The molecule has 1 amide bonds. The van der Waals surface area contributed by atoms with Crippen LogP contribution in [0.3, 0.4) is 0 Å². The van der Waals surface area contributed by atoms with Gasteiger partial charge >= 0.3 is 0 Å². The lowest BCUT2D eigenvalue weighted by Crippen LogP contribution is -2.47. The van der Waals surface area contributed by atoms with Crippen LogP contribution in [0.15, 0.2) is 54.6 Å². The number of benzene rings is 2. The van der Waals surface area contributed by atoms with Crippen LogP contribution >= 0.6 is 0 Å². The third kappa shape index (κ3) is 4.37. The van der Waals surface area contributed by atoms with Gasteiger partial charge in [-0.05, 0) is 42.5 Å². The largest absolute Gasteiger partial charge is 0.508 e. The molecule has 1 saturated carbocycles. The zero-order chi connectivity index (χ0) is 19.3. The number of rotatable bonds is 7. The molecule has 5 heteroatoms. The SMILES string of the molecule is N[C@@H](Cc1ccc(O)cc1)C(=O)NCC(=O)C1(c2ccccc2)CCCC1. The number of nitrogens with one attached hydrogen (secondary N) is 1. The molecule has 0 aromatic heterocycles. The van der Waals surface area contributed by atoms with Crippen LogP contribution < -0.4 is 11.1 Å². The van der Waals surface area contributed by atoms with Crippen LogP contribution in [0, 0.1) is 0 Å². The van der Waals surface area contributed by atoms with Gasteiger partial charge in [0, 0.05) is 0 Å². The van der Waals surface area contributed by atoms with Crippen molar-refractivity contribution in [3.05, 3.63) is 65.7 Å². The molecule has 0 unspecified atom stereocenters. The van der Waals surface area contributed by atoms with Crippen molar-refractivity contribution in [1.82, 2.24) is 5.32 Å². The van der Waals surface area contributed by atoms with Crippen molar-refractivity contribution < 1.29 is 14.7 Å². The Kier molecular flexibility index (Phi) is 5.91. The highest BCUT2D eigenvalue weighted by atomic mass is 16.3. The topological polar surface area (TPSA) is 92.4 Å². The first-order valence-corrected chi connectivity index (χ1v) is 9.41. The van der Waals surface area contributed by atoms with Gasteiger partial charge < -0.3 is 16.2 Å². The van der Waals surface area contributed by atoms with Crippen LogP contribution in [0.25, 0.3) is 0 Å². The summed E-state index contributed by atoms with van der Waals surface area (Å²) in [7, 11) is 0. The first kappa shape index (κ1) is 19.1. The van der Waals surface area contributed by atoms with Gasteiger partial charge in [0.15, 0.2) is 5.78 Å². The Bertz CT molecular complexity index is 781.